The van der Waals surface area contributed by atoms with E-state index < -0.39 is 6.10 Å². The molecule has 1 unspecified atom stereocenters. The molecule has 4 aromatic carbocycles. The van der Waals surface area contributed by atoms with Gasteiger partial charge in [0.1, 0.15) is 6.10 Å². The highest BCUT2D eigenvalue weighted by atomic mass is 16.3. The fraction of sp³-hybridized carbons (Fsp3) is 0.442. The van der Waals surface area contributed by atoms with Gasteiger partial charge in [-0.1, -0.05) is 194 Å². The molecule has 44 heavy (non-hydrogen) atoms. The van der Waals surface area contributed by atoms with Crippen molar-refractivity contribution in [3.05, 3.63) is 108 Å². The summed E-state index contributed by atoms with van der Waals surface area (Å²) in [7, 11) is 0. The summed E-state index contributed by atoms with van der Waals surface area (Å²) in [5, 5.41) is 11.7. The Morgan fingerprint density at radius 2 is 0.932 bits per heavy atom. The Hall–Kier alpha value is -3.16. The molecule has 0 aromatic heterocycles. The minimum atomic E-state index is -0.608. The molecule has 1 atom stereocenters. The molecule has 0 saturated carbocycles. The maximum atomic E-state index is 11.7. The van der Waals surface area contributed by atoms with Crippen LogP contribution in [0.3, 0.4) is 0 Å². The largest absolute Gasteiger partial charge is 0.384 e. The molecule has 0 spiro atoms. The highest BCUT2D eigenvalue weighted by Gasteiger charge is 2.32. The second-order valence-electron chi connectivity index (χ2n) is 13.0. The van der Waals surface area contributed by atoms with E-state index in [1.165, 1.54) is 142 Å². The second-order valence-corrected chi connectivity index (χ2v) is 13.0. The number of hydrogen-bond acceptors (Lipinski definition) is 1. The van der Waals surface area contributed by atoms with E-state index in [0.29, 0.717) is 0 Å². The van der Waals surface area contributed by atoms with Crippen LogP contribution >= 0.6 is 0 Å². The Labute approximate surface area is 267 Å². The third-order valence-electron chi connectivity index (χ3n) is 9.69. The smallest absolute Gasteiger partial charge is 0.106 e. The van der Waals surface area contributed by atoms with Gasteiger partial charge >= 0.3 is 0 Å². The first-order chi connectivity index (χ1) is 21.8. The van der Waals surface area contributed by atoms with Crippen LogP contribution in [0.1, 0.15) is 132 Å². The molecule has 1 N–H and O–H groups in total. The number of hydrogen-bond donors (Lipinski definition) is 1. The van der Waals surface area contributed by atoms with Gasteiger partial charge in [0, 0.05) is 5.56 Å². The van der Waals surface area contributed by atoms with E-state index in [-0.39, 0.29) is 0 Å². The van der Waals surface area contributed by atoms with E-state index in [4.69, 9.17) is 0 Å². The maximum absolute atomic E-state index is 11.7. The van der Waals surface area contributed by atoms with Gasteiger partial charge in [0.15, 0.2) is 0 Å². The lowest BCUT2D eigenvalue weighted by Gasteiger charge is -2.22. The van der Waals surface area contributed by atoms with Crippen LogP contribution < -0.4 is 0 Å². The van der Waals surface area contributed by atoms with Crippen LogP contribution in [0.2, 0.25) is 0 Å². The van der Waals surface area contributed by atoms with Crippen molar-refractivity contribution >= 4 is 0 Å². The standard InChI is InChI=1S/C43H54O/c1-2-3-4-5-6-7-8-9-10-11-12-13-14-15-16-19-30-36-33-39-37-31-24-25-32-38(37)43(44)42(39)41(35-28-22-18-23-29-35)40(36)34-26-20-17-21-27-34/h17-18,20-29,31-33,43-44H,2-16,19,30H2,1H3. The van der Waals surface area contributed by atoms with Crippen LogP contribution in [0.15, 0.2) is 91.0 Å². The molecular weight excluding hydrogens is 532 g/mol. The number of aryl methyl sites for hydroxylation is 1. The number of aliphatic hydroxyl groups excluding tert-OH is 1. The zero-order valence-electron chi connectivity index (χ0n) is 27.2. The fourth-order valence-corrected chi connectivity index (χ4v) is 7.30. The van der Waals surface area contributed by atoms with Gasteiger partial charge in [0.25, 0.3) is 0 Å². The minimum Gasteiger partial charge on any atom is -0.384 e. The monoisotopic (exact) mass is 586 g/mol. The highest BCUT2D eigenvalue weighted by molar-refractivity contribution is 5.96. The lowest BCUT2D eigenvalue weighted by Crippen LogP contribution is -2.02. The molecule has 1 aliphatic rings. The topological polar surface area (TPSA) is 20.2 Å². The van der Waals surface area contributed by atoms with E-state index in [0.717, 1.165) is 17.5 Å². The molecule has 0 bridgehead atoms. The van der Waals surface area contributed by atoms with Crippen molar-refractivity contribution in [2.24, 2.45) is 0 Å². The Bertz CT molecular complexity index is 1400. The van der Waals surface area contributed by atoms with Crippen molar-refractivity contribution in [2.45, 2.75) is 122 Å². The van der Waals surface area contributed by atoms with Crippen molar-refractivity contribution in [1.82, 2.24) is 0 Å². The summed E-state index contributed by atoms with van der Waals surface area (Å²) < 4.78 is 0. The molecule has 1 nitrogen and oxygen atoms in total. The number of benzene rings is 4. The summed E-state index contributed by atoms with van der Waals surface area (Å²) in [4.78, 5) is 0. The molecule has 0 heterocycles. The van der Waals surface area contributed by atoms with E-state index in [9.17, 15) is 5.11 Å². The van der Waals surface area contributed by atoms with Gasteiger partial charge in [-0.2, -0.15) is 0 Å². The number of aliphatic hydroxyl groups is 1. The third-order valence-corrected chi connectivity index (χ3v) is 9.69. The molecule has 0 radical (unpaired) electrons. The molecule has 1 heteroatoms. The highest BCUT2D eigenvalue weighted by Crippen LogP contribution is 2.52. The van der Waals surface area contributed by atoms with Gasteiger partial charge in [-0.3, -0.25) is 0 Å². The van der Waals surface area contributed by atoms with Crippen molar-refractivity contribution < 1.29 is 5.11 Å². The number of rotatable bonds is 19. The molecule has 232 valence electrons. The summed E-state index contributed by atoms with van der Waals surface area (Å²) >= 11 is 0. The summed E-state index contributed by atoms with van der Waals surface area (Å²) in [6.45, 7) is 2.30. The molecule has 4 aromatic rings. The van der Waals surface area contributed by atoms with Gasteiger partial charge in [-0.15, -0.1) is 0 Å². The summed E-state index contributed by atoms with van der Waals surface area (Å²) in [5.74, 6) is 0. The van der Waals surface area contributed by atoms with Gasteiger partial charge in [0.2, 0.25) is 0 Å². The van der Waals surface area contributed by atoms with E-state index in [2.05, 4.69) is 91.9 Å². The van der Waals surface area contributed by atoms with Crippen LogP contribution in [0.4, 0.5) is 0 Å². The van der Waals surface area contributed by atoms with Gasteiger partial charge < -0.3 is 5.11 Å². The van der Waals surface area contributed by atoms with Gasteiger partial charge in [0.05, 0.1) is 0 Å². The van der Waals surface area contributed by atoms with Gasteiger partial charge in [-0.25, -0.2) is 0 Å². The molecule has 5 rings (SSSR count). The van der Waals surface area contributed by atoms with Crippen molar-refractivity contribution in [3.8, 4) is 33.4 Å². The first-order valence-electron chi connectivity index (χ1n) is 17.9. The minimum absolute atomic E-state index is 0.608. The first-order valence-corrected chi connectivity index (χ1v) is 17.9. The molecular formula is C43H54O. The summed E-state index contributed by atoms with van der Waals surface area (Å²) in [6, 6.07) is 32.4. The average molecular weight is 587 g/mol. The zero-order chi connectivity index (χ0) is 30.4. The van der Waals surface area contributed by atoms with Crippen LogP contribution in [-0.4, -0.2) is 5.11 Å². The van der Waals surface area contributed by atoms with Crippen LogP contribution in [0, 0.1) is 0 Å². The fourth-order valence-electron chi connectivity index (χ4n) is 7.30. The van der Waals surface area contributed by atoms with E-state index in [1.807, 2.05) is 6.07 Å². The summed E-state index contributed by atoms with van der Waals surface area (Å²) in [5.41, 5.74) is 10.8. The SMILES string of the molecule is CCCCCCCCCCCCCCCCCCc1cc2c(c(-c3ccccc3)c1-c1ccccc1)C(O)c1ccccc1-2. The lowest BCUT2D eigenvalue weighted by atomic mass is 9.82. The normalized spacial score (nSPS) is 13.6. The second kappa shape index (κ2) is 17.4. The van der Waals surface area contributed by atoms with Crippen molar-refractivity contribution in [2.75, 3.05) is 0 Å². The quantitative estimate of drug-likeness (QED) is 0.108. The Morgan fingerprint density at radius 3 is 1.48 bits per heavy atom. The zero-order valence-corrected chi connectivity index (χ0v) is 27.2. The van der Waals surface area contributed by atoms with Crippen molar-refractivity contribution in [3.63, 3.8) is 0 Å². The first kappa shape index (κ1) is 32.2. The molecule has 0 amide bonds. The predicted octanol–water partition coefficient (Wildman–Crippen LogP) is 12.9. The third kappa shape index (κ3) is 8.30. The molecule has 1 aliphatic carbocycles. The number of unbranched alkanes of at least 4 members (excludes halogenated alkanes) is 15. The molecule has 0 fully saturated rings. The maximum Gasteiger partial charge on any atom is 0.106 e. The summed E-state index contributed by atoms with van der Waals surface area (Å²) in [6.07, 6.45) is 22.7. The number of fused-ring (bicyclic) bond motifs is 3. The molecule has 0 saturated heterocycles. The van der Waals surface area contributed by atoms with Gasteiger partial charge in [-0.05, 0) is 57.3 Å². The average Bonchev–Trinajstić information content (AvgIpc) is 3.35. The Balaban J connectivity index is 1.20. The molecule has 0 aliphatic heterocycles. The Kier molecular flexibility index (Phi) is 12.7. The van der Waals surface area contributed by atoms with E-state index >= 15 is 0 Å². The van der Waals surface area contributed by atoms with Crippen LogP contribution in [0.5, 0.6) is 0 Å². The predicted molar refractivity (Wildman–Crippen MR) is 190 cm³/mol. The van der Waals surface area contributed by atoms with Crippen molar-refractivity contribution in [1.29, 1.82) is 0 Å². The lowest BCUT2D eigenvalue weighted by molar-refractivity contribution is 0.226. The Morgan fingerprint density at radius 1 is 0.477 bits per heavy atom. The van der Waals surface area contributed by atoms with E-state index in [1.54, 1.807) is 0 Å². The van der Waals surface area contributed by atoms with Crippen LogP contribution in [-0.2, 0) is 6.42 Å². The van der Waals surface area contributed by atoms with Crippen LogP contribution in [0.25, 0.3) is 33.4 Å².